The van der Waals surface area contributed by atoms with Gasteiger partial charge in [-0.25, -0.2) is 4.98 Å². The molecule has 0 amide bonds. The van der Waals surface area contributed by atoms with Gasteiger partial charge in [-0.05, 0) is 45.6 Å². The summed E-state index contributed by atoms with van der Waals surface area (Å²) in [5.41, 5.74) is 4.92. The summed E-state index contributed by atoms with van der Waals surface area (Å²) in [5.74, 6) is 1.49. The van der Waals surface area contributed by atoms with Gasteiger partial charge in [-0.15, -0.1) is 0 Å². The van der Waals surface area contributed by atoms with Crippen LogP contribution in [0.25, 0.3) is 0 Å². The number of fused-ring (bicyclic) bond motifs is 1. The highest BCUT2D eigenvalue weighted by Crippen LogP contribution is 2.44. The van der Waals surface area contributed by atoms with Gasteiger partial charge in [0.25, 0.3) is 5.69 Å². The Hall–Kier alpha value is -3.99. The van der Waals surface area contributed by atoms with E-state index in [1.54, 1.807) is 12.3 Å². The number of nitro benzene ring substituents is 1. The summed E-state index contributed by atoms with van der Waals surface area (Å²) in [6, 6.07) is 7.16. The lowest BCUT2D eigenvalue weighted by Gasteiger charge is -2.23. The van der Waals surface area contributed by atoms with Crippen LogP contribution in [-0.4, -0.2) is 72.7 Å². The number of nitrogens with zero attached hydrogens (tertiary/aromatic N) is 7. The van der Waals surface area contributed by atoms with E-state index in [1.165, 1.54) is 13.2 Å². The highest BCUT2D eigenvalue weighted by atomic mass is 16.6. The van der Waals surface area contributed by atoms with Crippen LogP contribution in [0.5, 0.6) is 5.75 Å². The monoisotopic (exact) mass is 520 g/mol. The lowest BCUT2D eigenvalue weighted by molar-refractivity contribution is -0.384. The van der Waals surface area contributed by atoms with Crippen molar-refractivity contribution in [1.29, 1.82) is 0 Å². The van der Waals surface area contributed by atoms with E-state index in [2.05, 4.69) is 42.0 Å². The first-order valence-electron chi connectivity index (χ1n) is 12.5. The molecule has 1 N–H and O–H groups in total. The highest BCUT2D eigenvalue weighted by Gasteiger charge is 2.38. The molecule has 0 bridgehead atoms. The molecule has 0 atom stereocenters. The number of hydrogen-bond donors (Lipinski definition) is 1. The summed E-state index contributed by atoms with van der Waals surface area (Å²) in [6.07, 6.45) is 1.68. The molecule has 1 aliphatic heterocycles. The Morgan fingerprint density at radius 3 is 2.55 bits per heavy atom. The topological polar surface area (TPSA) is 113 Å². The van der Waals surface area contributed by atoms with Crippen LogP contribution in [0.2, 0.25) is 0 Å². The van der Waals surface area contributed by atoms with Crippen molar-refractivity contribution < 1.29 is 9.66 Å². The molecule has 1 aromatic carbocycles. The number of nitrogens with one attached hydrogen (secondary N) is 1. The van der Waals surface area contributed by atoms with Crippen molar-refractivity contribution in [2.45, 2.75) is 33.1 Å². The molecule has 1 aliphatic rings. The maximum atomic E-state index is 12.0. The molecule has 0 spiro atoms. The molecule has 2 aromatic heterocycles. The Morgan fingerprint density at radius 2 is 1.89 bits per heavy atom. The summed E-state index contributed by atoms with van der Waals surface area (Å²) < 4.78 is 5.60. The lowest BCUT2D eigenvalue weighted by atomic mass is 9.91. The SMILES string of the molecule is COc1cc(N(C)CCN(C)C)c([N+](=O)[O-])cc1Nc1nccc(N2CC(C)(C)c3nc(C)c(C)cc32)n1. The van der Waals surface area contributed by atoms with E-state index >= 15 is 0 Å². The first kappa shape index (κ1) is 27.1. The highest BCUT2D eigenvalue weighted by molar-refractivity contribution is 5.77. The largest absolute Gasteiger partial charge is 0.494 e. The van der Waals surface area contributed by atoms with Gasteiger partial charge in [0.1, 0.15) is 17.3 Å². The van der Waals surface area contributed by atoms with Crippen LogP contribution >= 0.6 is 0 Å². The smallest absolute Gasteiger partial charge is 0.294 e. The first-order chi connectivity index (χ1) is 17.9. The summed E-state index contributed by atoms with van der Waals surface area (Å²) in [4.78, 5) is 31.6. The third-order valence-corrected chi connectivity index (χ3v) is 6.88. The minimum absolute atomic E-state index is 0.0298. The zero-order chi connectivity index (χ0) is 27.8. The van der Waals surface area contributed by atoms with E-state index in [1.807, 2.05) is 43.9 Å². The number of aryl methyl sites for hydroxylation is 2. The van der Waals surface area contributed by atoms with E-state index in [0.717, 1.165) is 35.7 Å². The lowest BCUT2D eigenvalue weighted by Crippen LogP contribution is -2.29. The summed E-state index contributed by atoms with van der Waals surface area (Å²) in [5, 5.41) is 15.1. The molecule has 0 saturated heterocycles. The van der Waals surface area contributed by atoms with Gasteiger partial charge in [-0.3, -0.25) is 15.1 Å². The maximum Gasteiger partial charge on any atom is 0.294 e. The van der Waals surface area contributed by atoms with Gasteiger partial charge in [0.05, 0.1) is 29.1 Å². The summed E-state index contributed by atoms with van der Waals surface area (Å²) >= 11 is 0. The minimum atomic E-state index is -0.385. The van der Waals surface area contributed by atoms with Crippen molar-refractivity contribution >= 4 is 34.5 Å². The summed E-state index contributed by atoms with van der Waals surface area (Å²) in [6.45, 7) is 10.5. The first-order valence-corrected chi connectivity index (χ1v) is 12.5. The zero-order valence-corrected chi connectivity index (χ0v) is 23.4. The van der Waals surface area contributed by atoms with Crippen molar-refractivity contribution in [3.8, 4) is 5.75 Å². The molecule has 4 rings (SSSR count). The second-order valence-electron chi connectivity index (χ2n) is 10.6. The molecule has 0 radical (unpaired) electrons. The Bertz CT molecular complexity index is 1360. The number of benzene rings is 1. The van der Waals surface area contributed by atoms with Crippen molar-refractivity contribution in [3.05, 3.63) is 57.5 Å². The van der Waals surface area contributed by atoms with Gasteiger partial charge in [0, 0.05) is 56.1 Å². The van der Waals surface area contributed by atoms with E-state index in [9.17, 15) is 10.1 Å². The van der Waals surface area contributed by atoms with Crippen LogP contribution in [-0.2, 0) is 5.41 Å². The second kappa shape index (κ2) is 10.4. The quantitative estimate of drug-likeness (QED) is 0.318. The van der Waals surface area contributed by atoms with E-state index in [4.69, 9.17) is 14.7 Å². The molecule has 11 nitrogen and oxygen atoms in total. The summed E-state index contributed by atoms with van der Waals surface area (Å²) in [7, 11) is 7.29. The van der Waals surface area contributed by atoms with Gasteiger partial charge in [-0.2, -0.15) is 4.98 Å². The van der Waals surface area contributed by atoms with E-state index in [-0.39, 0.29) is 16.0 Å². The third kappa shape index (κ3) is 5.33. The number of likely N-dealkylation sites (N-methyl/N-ethyl adjacent to an activating group) is 2. The molecule has 0 fully saturated rings. The molecular formula is C27H36N8O3. The molecular weight excluding hydrogens is 484 g/mol. The number of nitro groups is 1. The Balaban J connectivity index is 1.68. The van der Waals surface area contributed by atoms with Crippen LogP contribution in [0.3, 0.4) is 0 Å². The average Bonchev–Trinajstić information content (AvgIpc) is 3.12. The maximum absolute atomic E-state index is 12.0. The normalized spacial score (nSPS) is 14.0. The molecule has 3 heterocycles. The molecule has 38 heavy (non-hydrogen) atoms. The van der Waals surface area contributed by atoms with Gasteiger partial charge in [0.15, 0.2) is 0 Å². The molecule has 11 heteroatoms. The fourth-order valence-corrected chi connectivity index (χ4v) is 4.58. The van der Waals surface area contributed by atoms with Gasteiger partial charge < -0.3 is 24.8 Å². The van der Waals surface area contributed by atoms with E-state index in [0.29, 0.717) is 35.4 Å². The van der Waals surface area contributed by atoms with Crippen molar-refractivity contribution in [3.63, 3.8) is 0 Å². The molecule has 3 aromatic rings. The fraction of sp³-hybridized carbons (Fsp3) is 0.444. The zero-order valence-electron chi connectivity index (χ0n) is 23.4. The van der Waals surface area contributed by atoms with E-state index < -0.39 is 0 Å². The molecule has 0 aliphatic carbocycles. The Labute approximate surface area is 223 Å². The number of anilines is 5. The number of hydrogen-bond acceptors (Lipinski definition) is 10. The van der Waals surface area contributed by atoms with Crippen molar-refractivity contribution in [2.75, 3.05) is 63.0 Å². The van der Waals surface area contributed by atoms with Crippen LogP contribution in [0.1, 0.15) is 30.8 Å². The standard InChI is InChI=1S/C27H36N8O3/c1-17-13-22-25(29-18(17)2)27(3,4)16-34(22)24-9-10-28-26(31-24)30-19-14-21(35(36)37)20(15-23(19)38-8)33(7)12-11-32(5)6/h9-10,13-15H,11-12,16H2,1-8H3,(H,28,30,31). The van der Waals surface area contributed by atoms with Crippen molar-refractivity contribution in [1.82, 2.24) is 19.9 Å². The number of methoxy groups -OCH3 is 1. The molecule has 0 saturated carbocycles. The predicted molar refractivity (Wildman–Crippen MR) is 151 cm³/mol. The van der Waals surface area contributed by atoms with Gasteiger partial charge in [-0.1, -0.05) is 13.8 Å². The van der Waals surface area contributed by atoms with Crippen LogP contribution < -0.4 is 19.9 Å². The molecule has 0 unspecified atom stereocenters. The minimum Gasteiger partial charge on any atom is -0.494 e. The third-order valence-electron chi connectivity index (χ3n) is 6.88. The number of rotatable bonds is 9. The van der Waals surface area contributed by atoms with Crippen LogP contribution in [0.4, 0.5) is 34.5 Å². The number of aromatic nitrogens is 3. The number of pyridine rings is 1. The number of ether oxygens (including phenoxy) is 1. The van der Waals surface area contributed by atoms with Crippen LogP contribution in [0.15, 0.2) is 30.5 Å². The van der Waals surface area contributed by atoms with Gasteiger partial charge >= 0.3 is 0 Å². The fourth-order valence-electron chi connectivity index (χ4n) is 4.58. The Kier molecular flexibility index (Phi) is 7.41. The molecule has 202 valence electrons. The second-order valence-corrected chi connectivity index (χ2v) is 10.6. The average molecular weight is 521 g/mol. The van der Waals surface area contributed by atoms with Crippen molar-refractivity contribution in [2.24, 2.45) is 0 Å². The van der Waals surface area contributed by atoms with Gasteiger partial charge in [0.2, 0.25) is 5.95 Å². The Morgan fingerprint density at radius 1 is 1.16 bits per heavy atom. The van der Waals surface area contributed by atoms with Crippen LogP contribution in [0, 0.1) is 24.0 Å². The predicted octanol–water partition coefficient (Wildman–Crippen LogP) is 4.58.